The van der Waals surface area contributed by atoms with Gasteiger partial charge in [-0.1, -0.05) is 31.0 Å². The predicted octanol–water partition coefficient (Wildman–Crippen LogP) is 4.49. The molecule has 4 nitrogen and oxygen atoms in total. The van der Waals surface area contributed by atoms with Crippen LogP contribution in [0.1, 0.15) is 36.2 Å². The lowest BCUT2D eigenvalue weighted by Crippen LogP contribution is -2.48. The van der Waals surface area contributed by atoms with Crippen molar-refractivity contribution in [1.82, 2.24) is 9.88 Å². The number of aromatic nitrogens is 1. The van der Waals surface area contributed by atoms with Crippen molar-refractivity contribution >= 4 is 22.5 Å². The van der Waals surface area contributed by atoms with Crippen LogP contribution in [-0.2, 0) is 0 Å². The van der Waals surface area contributed by atoms with E-state index < -0.39 is 24.0 Å². The topological polar surface area (TPSA) is 36.4 Å². The molecule has 0 saturated heterocycles. The van der Waals surface area contributed by atoms with Crippen molar-refractivity contribution in [2.45, 2.75) is 37.9 Å². The normalized spacial score (nSPS) is 20.5. The second-order valence-electron chi connectivity index (χ2n) is 7.35. The summed E-state index contributed by atoms with van der Waals surface area (Å²) in [6, 6.07) is 8.25. The van der Waals surface area contributed by atoms with Crippen molar-refractivity contribution in [3.8, 4) is 0 Å². The van der Waals surface area contributed by atoms with Crippen LogP contribution in [0.5, 0.6) is 0 Å². The first-order chi connectivity index (χ1) is 12.7. The Hall–Kier alpha value is -2.31. The molecule has 1 saturated carbocycles. The molecule has 146 valence electrons. The minimum Gasteiger partial charge on any atom is -0.377 e. The van der Waals surface area contributed by atoms with E-state index in [0.29, 0.717) is 24.8 Å². The standard InChI is InChI=1S/C20H24F3N3O/c1-25(2)18-12-16(24-15-10-6-4-8-13(15)18)19(27)26(3)17-11-7-5-9-14(17)20(21,22)23/h4,6,8,10,12,14,17H,5,7,9,11H2,1-3H3/t14-,17+/m1/s1. The van der Waals surface area contributed by atoms with Gasteiger partial charge in [0.05, 0.1) is 11.4 Å². The van der Waals surface area contributed by atoms with Gasteiger partial charge in [0.1, 0.15) is 5.69 Å². The monoisotopic (exact) mass is 379 g/mol. The number of halogens is 3. The summed E-state index contributed by atoms with van der Waals surface area (Å²) in [6.45, 7) is 0. The highest BCUT2D eigenvalue weighted by Crippen LogP contribution is 2.40. The number of carbonyl (C=O) groups is 1. The lowest BCUT2D eigenvalue weighted by molar-refractivity contribution is -0.195. The molecule has 1 aliphatic carbocycles. The molecule has 1 aromatic heterocycles. The highest BCUT2D eigenvalue weighted by Gasteiger charge is 2.47. The van der Waals surface area contributed by atoms with Crippen molar-refractivity contribution in [1.29, 1.82) is 0 Å². The van der Waals surface area contributed by atoms with Crippen LogP contribution in [0.15, 0.2) is 30.3 Å². The van der Waals surface area contributed by atoms with Crippen molar-refractivity contribution in [3.05, 3.63) is 36.0 Å². The van der Waals surface area contributed by atoms with Crippen LogP contribution in [-0.4, -0.2) is 49.2 Å². The Balaban J connectivity index is 1.97. The average Bonchev–Trinajstić information content (AvgIpc) is 2.65. The molecule has 0 spiro atoms. The quantitative estimate of drug-likeness (QED) is 0.788. The van der Waals surface area contributed by atoms with Gasteiger partial charge in [-0.2, -0.15) is 13.2 Å². The molecular formula is C20H24F3N3O. The molecule has 1 aliphatic rings. The minimum absolute atomic E-state index is 0.0693. The highest BCUT2D eigenvalue weighted by molar-refractivity contribution is 6.00. The molecule has 2 aromatic rings. The Morgan fingerprint density at radius 2 is 1.78 bits per heavy atom. The molecule has 3 rings (SSSR count). The molecule has 0 N–H and O–H groups in total. The molecule has 1 heterocycles. The Labute approximate surface area is 157 Å². The summed E-state index contributed by atoms with van der Waals surface area (Å²) in [7, 11) is 5.18. The number of rotatable bonds is 3. The van der Waals surface area contributed by atoms with E-state index in [9.17, 15) is 18.0 Å². The lowest BCUT2D eigenvalue weighted by Gasteiger charge is -2.38. The zero-order valence-electron chi connectivity index (χ0n) is 15.8. The summed E-state index contributed by atoms with van der Waals surface area (Å²) in [5, 5.41) is 0.896. The van der Waals surface area contributed by atoms with Crippen LogP contribution in [0.25, 0.3) is 10.9 Å². The number of pyridine rings is 1. The number of nitrogens with zero attached hydrogens (tertiary/aromatic N) is 3. The van der Waals surface area contributed by atoms with Gasteiger partial charge in [0, 0.05) is 38.3 Å². The van der Waals surface area contributed by atoms with E-state index in [0.717, 1.165) is 11.1 Å². The van der Waals surface area contributed by atoms with Gasteiger partial charge in [0.25, 0.3) is 5.91 Å². The lowest BCUT2D eigenvalue weighted by atomic mass is 9.83. The van der Waals surface area contributed by atoms with E-state index in [2.05, 4.69) is 4.98 Å². The molecule has 1 aromatic carbocycles. The maximum absolute atomic E-state index is 13.4. The van der Waals surface area contributed by atoms with Gasteiger partial charge < -0.3 is 9.80 Å². The number of anilines is 1. The average molecular weight is 379 g/mol. The maximum Gasteiger partial charge on any atom is 0.393 e. The number of hydrogen-bond donors (Lipinski definition) is 0. The van der Waals surface area contributed by atoms with Gasteiger partial charge in [-0.05, 0) is 25.0 Å². The Morgan fingerprint density at radius 3 is 2.44 bits per heavy atom. The van der Waals surface area contributed by atoms with Crippen molar-refractivity contribution in [2.24, 2.45) is 5.92 Å². The Morgan fingerprint density at radius 1 is 1.11 bits per heavy atom. The molecule has 0 bridgehead atoms. The van der Waals surface area contributed by atoms with E-state index in [-0.39, 0.29) is 12.1 Å². The Kier molecular flexibility index (Phi) is 5.31. The van der Waals surface area contributed by atoms with Crippen molar-refractivity contribution in [3.63, 3.8) is 0 Å². The smallest absolute Gasteiger partial charge is 0.377 e. The fourth-order valence-corrected chi connectivity index (χ4v) is 3.92. The maximum atomic E-state index is 13.4. The van der Waals surface area contributed by atoms with Crippen LogP contribution in [0.2, 0.25) is 0 Å². The number of para-hydroxylation sites is 1. The first-order valence-corrected chi connectivity index (χ1v) is 9.11. The van der Waals surface area contributed by atoms with Gasteiger partial charge in [0.15, 0.2) is 0 Å². The number of benzene rings is 1. The minimum atomic E-state index is -4.30. The third kappa shape index (κ3) is 3.87. The fraction of sp³-hybridized carbons (Fsp3) is 0.500. The van der Waals surface area contributed by atoms with Crippen molar-refractivity contribution in [2.75, 3.05) is 26.0 Å². The molecule has 0 unspecified atom stereocenters. The van der Waals surface area contributed by atoms with Gasteiger partial charge >= 0.3 is 6.18 Å². The zero-order chi connectivity index (χ0) is 19.8. The second kappa shape index (κ2) is 7.37. The molecular weight excluding hydrogens is 355 g/mol. The third-order valence-corrected chi connectivity index (χ3v) is 5.36. The van der Waals surface area contributed by atoms with Gasteiger partial charge in [-0.3, -0.25) is 4.79 Å². The van der Waals surface area contributed by atoms with E-state index in [4.69, 9.17) is 0 Å². The first kappa shape index (κ1) is 19.5. The fourth-order valence-electron chi connectivity index (χ4n) is 3.92. The molecule has 27 heavy (non-hydrogen) atoms. The molecule has 1 fully saturated rings. The number of hydrogen-bond acceptors (Lipinski definition) is 3. The third-order valence-electron chi connectivity index (χ3n) is 5.36. The summed E-state index contributed by atoms with van der Waals surface area (Å²) in [5.41, 5.74) is 1.64. The van der Waals surface area contributed by atoms with Crippen LogP contribution in [0, 0.1) is 5.92 Å². The SMILES string of the molecule is CN(C)c1cc(C(=O)N(C)[C@H]2CCCC[C@H]2C(F)(F)F)nc2ccccc12. The molecule has 2 atom stereocenters. The summed E-state index contributed by atoms with van der Waals surface area (Å²) < 4.78 is 40.3. The summed E-state index contributed by atoms with van der Waals surface area (Å²) >= 11 is 0. The summed E-state index contributed by atoms with van der Waals surface area (Å²) in [5.74, 6) is -1.95. The first-order valence-electron chi connectivity index (χ1n) is 9.11. The van der Waals surface area contributed by atoms with Crippen LogP contribution in [0.3, 0.4) is 0 Å². The number of fused-ring (bicyclic) bond motifs is 1. The van der Waals surface area contributed by atoms with E-state index >= 15 is 0 Å². The summed E-state index contributed by atoms with van der Waals surface area (Å²) in [6.07, 6.45) is -2.63. The Bertz CT molecular complexity index is 835. The number of carbonyl (C=O) groups excluding carboxylic acids is 1. The molecule has 7 heteroatoms. The predicted molar refractivity (Wildman–Crippen MR) is 100.0 cm³/mol. The molecule has 0 aliphatic heterocycles. The van der Waals surface area contributed by atoms with Crippen LogP contribution < -0.4 is 4.90 Å². The zero-order valence-corrected chi connectivity index (χ0v) is 15.8. The number of alkyl halides is 3. The number of amides is 1. The van der Waals surface area contributed by atoms with Gasteiger partial charge in [0.2, 0.25) is 0 Å². The van der Waals surface area contributed by atoms with Crippen molar-refractivity contribution < 1.29 is 18.0 Å². The largest absolute Gasteiger partial charge is 0.393 e. The molecule has 0 radical (unpaired) electrons. The second-order valence-corrected chi connectivity index (χ2v) is 7.35. The van der Waals surface area contributed by atoms with Crippen LogP contribution >= 0.6 is 0 Å². The molecule has 1 amide bonds. The van der Waals surface area contributed by atoms with E-state index in [1.54, 1.807) is 12.1 Å². The van der Waals surface area contributed by atoms with E-state index in [1.165, 1.54) is 11.9 Å². The van der Waals surface area contributed by atoms with Gasteiger partial charge in [-0.15, -0.1) is 0 Å². The van der Waals surface area contributed by atoms with E-state index in [1.807, 2.05) is 37.2 Å². The summed E-state index contributed by atoms with van der Waals surface area (Å²) in [4.78, 5) is 20.6. The van der Waals surface area contributed by atoms with Gasteiger partial charge in [-0.25, -0.2) is 4.98 Å². The highest BCUT2D eigenvalue weighted by atomic mass is 19.4. The van der Waals surface area contributed by atoms with Crippen LogP contribution in [0.4, 0.5) is 18.9 Å².